The van der Waals surface area contributed by atoms with Gasteiger partial charge in [0, 0.05) is 4.88 Å². The minimum Gasteiger partial charge on any atom is -0.494 e. The molecule has 0 fully saturated rings. The second-order valence-electron chi connectivity index (χ2n) is 5.28. The normalized spacial score (nSPS) is 11.0. The van der Waals surface area contributed by atoms with Crippen LogP contribution in [-0.4, -0.2) is 28.9 Å². The summed E-state index contributed by atoms with van der Waals surface area (Å²) in [5.74, 6) is 0.439. The summed E-state index contributed by atoms with van der Waals surface area (Å²) in [6, 6.07) is 13.2. The first kappa shape index (κ1) is 16.9. The van der Waals surface area contributed by atoms with Crippen molar-refractivity contribution in [3.63, 3.8) is 0 Å². The topological polar surface area (TPSA) is 79.4 Å². The van der Waals surface area contributed by atoms with Gasteiger partial charge in [0.25, 0.3) is 5.91 Å². The van der Waals surface area contributed by atoms with Crippen LogP contribution in [0.15, 0.2) is 47.6 Å². The fourth-order valence-corrected chi connectivity index (χ4v) is 3.02. The number of ether oxygens (including phenoxy) is 1. The lowest BCUT2D eigenvalue weighted by atomic mass is 10.2. The maximum absolute atomic E-state index is 12.1. The number of aromatic amines is 1. The van der Waals surface area contributed by atoms with Gasteiger partial charge in [0.1, 0.15) is 5.75 Å². The summed E-state index contributed by atoms with van der Waals surface area (Å²) < 4.78 is 5.38. The third-order valence-electron chi connectivity index (χ3n) is 3.39. The Balaban J connectivity index is 1.59. The summed E-state index contributed by atoms with van der Waals surface area (Å²) >= 11 is 1.64. The lowest BCUT2D eigenvalue weighted by Gasteiger charge is -2.02. The molecule has 25 heavy (non-hydrogen) atoms. The summed E-state index contributed by atoms with van der Waals surface area (Å²) in [5, 5.41) is 10.9. The molecule has 2 aromatic heterocycles. The van der Waals surface area contributed by atoms with Crippen molar-refractivity contribution in [3.05, 3.63) is 58.6 Å². The molecule has 6 nitrogen and oxygen atoms in total. The van der Waals surface area contributed by atoms with Crippen molar-refractivity contribution in [2.24, 2.45) is 5.10 Å². The standard InChI is InChI=1S/C18H18N4O2S/c1-3-24-14-7-5-13(6-8-14)11-19-22-18(23)16-10-15(20-21-16)17-9-4-12(2)25-17/h4-11H,3H2,1-2H3,(H,20,21)(H,22,23)/b19-11-. The van der Waals surface area contributed by atoms with E-state index in [4.69, 9.17) is 4.74 Å². The van der Waals surface area contributed by atoms with Crippen LogP contribution in [-0.2, 0) is 0 Å². The van der Waals surface area contributed by atoms with Gasteiger partial charge < -0.3 is 4.74 Å². The maximum atomic E-state index is 12.1. The van der Waals surface area contributed by atoms with E-state index in [0.29, 0.717) is 12.3 Å². The van der Waals surface area contributed by atoms with Crippen LogP contribution in [0.4, 0.5) is 0 Å². The summed E-state index contributed by atoms with van der Waals surface area (Å²) in [6.07, 6.45) is 1.57. The molecule has 0 aliphatic heterocycles. The van der Waals surface area contributed by atoms with Gasteiger partial charge in [0.05, 0.1) is 23.4 Å². The molecule has 0 radical (unpaired) electrons. The largest absolute Gasteiger partial charge is 0.494 e. The lowest BCUT2D eigenvalue weighted by Crippen LogP contribution is -2.17. The molecule has 0 bridgehead atoms. The Morgan fingerprint density at radius 3 is 2.80 bits per heavy atom. The number of thiophene rings is 1. The van der Waals surface area contributed by atoms with E-state index < -0.39 is 0 Å². The van der Waals surface area contributed by atoms with E-state index in [1.165, 1.54) is 4.88 Å². The molecule has 2 heterocycles. The first-order valence-corrected chi connectivity index (χ1v) is 8.66. The molecule has 0 unspecified atom stereocenters. The van der Waals surface area contributed by atoms with Crippen molar-refractivity contribution >= 4 is 23.5 Å². The van der Waals surface area contributed by atoms with Crippen LogP contribution in [0.5, 0.6) is 5.75 Å². The highest BCUT2D eigenvalue weighted by Gasteiger charge is 2.11. The van der Waals surface area contributed by atoms with Crippen molar-refractivity contribution in [1.29, 1.82) is 0 Å². The fourth-order valence-electron chi connectivity index (χ4n) is 2.18. The molecular weight excluding hydrogens is 336 g/mol. The average molecular weight is 354 g/mol. The third kappa shape index (κ3) is 4.33. The Bertz CT molecular complexity index is 881. The number of carbonyl (C=O) groups is 1. The molecular formula is C18H18N4O2S. The summed E-state index contributed by atoms with van der Waals surface area (Å²) in [5.41, 5.74) is 4.45. The molecule has 0 aliphatic carbocycles. The van der Waals surface area contributed by atoms with Crippen LogP contribution < -0.4 is 10.2 Å². The van der Waals surface area contributed by atoms with Crippen LogP contribution in [0.25, 0.3) is 10.6 Å². The first-order chi connectivity index (χ1) is 12.2. The molecule has 0 saturated heterocycles. The van der Waals surface area contributed by atoms with Crippen LogP contribution in [0.1, 0.15) is 27.9 Å². The number of benzene rings is 1. The van der Waals surface area contributed by atoms with Crippen LogP contribution in [0, 0.1) is 6.92 Å². The highest BCUT2D eigenvalue weighted by Crippen LogP contribution is 2.26. The predicted octanol–water partition coefficient (Wildman–Crippen LogP) is 3.61. The SMILES string of the molecule is CCOc1ccc(/C=N\NC(=O)c2cc(-c3ccc(C)s3)[nH]n2)cc1. The molecule has 0 spiro atoms. The number of carbonyl (C=O) groups excluding carboxylic acids is 1. The Kier molecular flexibility index (Phi) is 5.25. The van der Waals surface area contributed by atoms with Crippen molar-refractivity contribution in [2.45, 2.75) is 13.8 Å². The Labute approximate surface area is 149 Å². The van der Waals surface area contributed by atoms with Crippen molar-refractivity contribution in [1.82, 2.24) is 15.6 Å². The Morgan fingerprint density at radius 2 is 2.12 bits per heavy atom. The monoisotopic (exact) mass is 354 g/mol. The molecule has 2 N–H and O–H groups in total. The van der Waals surface area contributed by atoms with Crippen LogP contribution in [0.3, 0.4) is 0 Å². The van der Waals surface area contributed by atoms with Crippen LogP contribution >= 0.6 is 11.3 Å². The molecule has 7 heteroatoms. The number of nitrogens with zero attached hydrogens (tertiary/aromatic N) is 2. The molecule has 128 valence electrons. The molecule has 3 rings (SSSR count). The van der Waals surface area contributed by atoms with Gasteiger partial charge >= 0.3 is 0 Å². The van der Waals surface area contributed by atoms with E-state index in [1.54, 1.807) is 23.6 Å². The quantitative estimate of drug-likeness (QED) is 0.524. The summed E-state index contributed by atoms with van der Waals surface area (Å²) in [6.45, 7) is 4.60. The highest BCUT2D eigenvalue weighted by atomic mass is 32.1. The molecule has 0 atom stereocenters. The maximum Gasteiger partial charge on any atom is 0.291 e. The number of hydrogen-bond acceptors (Lipinski definition) is 5. The van der Waals surface area contributed by atoms with E-state index in [2.05, 4.69) is 20.7 Å². The first-order valence-electron chi connectivity index (χ1n) is 7.84. The van der Waals surface area contributed by atoms with E-state index in [1.807, 2.05) is 50.2 Å². The van der Waals surface area contributed by atoms with Gasteiger partial charge in [-0.25, -0.2) is 5.43 Å². The van der Waals surface area contributed by atoms with Gasteiger partial charge in [-0.05, 0) is 61.9 Å². The zero-order valence-corrected chi connectivity index (χ0v) is 14.8. The smallest absolute Gasteiger partial charge is 0.291 e. The van der Waals surface area contributed by atoms with Gasteiger partial charge in [-0.15, -0.1) is 11.3 Å². The Morgan fingerprint density at radius 1 is 1.32 bits per heavy atom. The molecule has 0 aliphatic rings. The number of aryl methyl sites for hydroxylation is 1. The summed E-state index contributed by atoms with van der Waals surface area (Å²) in [4.78, 5) is 14.3. The Hall–Kier alpha value is -2.93. The predicted molar refractivity (Wildman–Crippen MR) is 99.3 cm³/mol. The minimum atomic E-state index is -0.363. The summed E-state index contributed by atoms with van der Waals surface area (Å²) in [7, 11) is 0. The minimum absolute atomic E-state index is 0.296. The average Bonchev–Trinajstić information content (AvgIpc) is 3.25. The van der Waals surface area contributed by atoms with Gasteiger partial charge in [-0.3, -0.25) is 9.89 Å². The number of rotatable bonds is 6. The van der Waals surface area contributed by atoms with E-state index in [0.717, 1.165) is 21.9 Å². The highest BCUT2D eigenvalue weighted by molar-refractivity contribution is 7.15. The molecule has 1 amide bonds. The third-order valence-corrected chi connectivity index (χ3v) is 4.42. The number of H-pyrrole nitrogens is 1. The fraction of sp³-hybridized carbons (Fsp3) is 0.167. The van der Waals surface area contributed by atoms with Gasteiger partial charge in [0.2, 0.25) is 0 Å². The number of aromatic nitrogens is 2. The number of amides is 1. The van der Waals surface area contributed by atoms with Crippen LogP contribution in [0.2, 0.25) is 0 Å². The second-order valence-corrected chi connectivity index (χ2v) is 6.57. The molecule has 3 aromatic rings. The lowest BCUT2D eigenvalue weighted by molar-refractivity contribution is 0.0950. The number of hydrogen-bond donors (Lipinski definition) is 2. The van der Waals surface area contributed by atoms with Crippen molar-refractivity contribution in [3.8, 4) is 16.3 Å². The van der Waals surface area contributed by atoms with E-state index >= 15 is 0 Å². The second kappa shape index (κ2) is 7.76. The van der Waals surface area contributed by atoms with E-state index in [-0.39, 0.29) is 5.91 Å². The molecule has 1 aromatic carbocycles. The number of hydrazone groups is 1. The number of nitrogens with one attached hydrogen (secondary N) is 2. The zero-order chi connectivity index (χ0) is 17.6. The zero-order valence-electron chi connectivity index (χ0n) is 13.9. The van der Waals surface area contributed by atoms with Gasteiger partial charge in [-0.2, -0.15) is 10.2 Å². The van der Waals surface area contributed by atoms with Gasteiger partial charge in [-0.1, -0.05) is 0 Å². The van der Waals surface area contributed by atoms with Gasteiger partial charge in [0.15, 0.2) is 5.69 Å². The van der Waals surface area contributed by atoms with Crippen molar-refractivity contribution in [2.75, 3.05) is 6.61 Å². The molecule has 0 saturated carbocycles. The van der Waals surface area contributed by atoms with E-state index in [9.17, 15) is 4.79 Å². The van der Waals surface area contributed by atoms with Crippen molar-refractivity contribution < 1.29 is 9.53 Å².